The molecule has 0 radical (unpaired) electrons. The highest BCUT2D eigenvalue weighted by Gasteiger charge is 2.31. The number of halogens is 3. The number of aliphatic hydroxyl groups is 1. The van der Waals surface area contributed by atoms with Crippen LogP contribution in [-0.4, -0.2) is 36.5 Å². The predicted octanol–water partition coefficient (Wildman–Crippen LogP) is 1.10. The Morgan fingerprint density at radius 1 is 1.50 bits per heavy atom. The van der Waals surface area contributed by atoms with Crippen LogP contribution >= 0.6 is 0 Å². The van der Waals surface area contributed by atoms with Crippen LogP contribution in [0.25, 0.3) is 0 Å². The molecule has 0 fully saturated rings. The van der Waals surface area contributed by atoms with Gasteiger partial charge < -0.3 is 20.9 Å². The minimum Gasteiger partial charge on any atom is -0.389 e. The molecule has 1 atom stereocenters. The van der Waals surface area contributed by atoms with Gasteiger partial charge in [-0.1, -0.05) is 0 Å². The van der Waals surface area contributed by atoms with Crippen molar-refractivity contribution in [2.24, 2.45) is 0 Å². The third kappa shape index (κ3) is 4.38. The maximum Gasteiger partial charge on any atom is 0.416 e. The van der Waals surface area contributed by atoms with Crippen LogP contribution in [0.2, 0.25) is 0 Å². The molecule has 0 saturated carbocycles. The zero-order chi connectivity index (χ0) is 13.8. The van der Waals surface area contributed by atoms with Crippen LogP contribution in [0.3, 0.4) is 0 Å². The highest BCUT2D eigenvalue weighted by Crippen LogP contribution is 2.31. The maximum absolute atomic E-state index is 12.5. The SMILES string of the molecule is COCC(O)CNc1cc(C(F)(F)F)cc(N)n1. The van der Waals surface area contributed by atoms with Gasteiger partial charge in [-0.2, -0.15) is 13.2 Å². The zero-order valence-corrected chi connectivity index (χ0v) is 9.66. The van der Waals surface area contributed by atoms with Crippen LogP contribution in [-0.2, 0) is 10.9 Å². The molecule has 18 heavy (non-hydrogen) atoms. The van der Waals surface area contributed by atoms with E-state index in [0.717, 1.165) is 12.1 Å². The number of rotatable bonds is 5. The average molecular weight is 265 g/mol. The van der Waals surface area contributed by atoms with Crippen molar-refractivity contribution in [2.75, 3.05) is 31.3 Å². The number of ether oxygens (including phenoxy) is 1. The maximum atomic E-state index is 12.5. The first kappa shape index (κ1) is 14.5. The topological polar surface area (TPSA) is 80.4 Å². The molecule has 1 aromatic rings. The van der Waals surface area contributed by atoms with Crippen molar-refractivity contribution in [1.82, 2.24) is 4.98 Å². The smallest absolute Gasteiger partial charge is 0.389 e. The Morgan fingerprint density at radius 3 is 2.72 bits per heavy atom. The van der Waals surface area contributed by atoms with Gasteiger partial charge in [-0.15, -0.1) is 0 Å². The van der Waals surface area contributed by atoms with Crippen molar-refractivity contribution in [1.29, 1.82) is 0 Å². The number of aromatic nitrogens is 1. The second kappa shape index (κ2) is 5.87. The van der Waals surface area contributed by atoms with E-state index in [4.69, 9.17) is 5.73 Å². The number of nitrogens with two attached hydrogens (primary N) is 1. The van der Waals surface area contributed by atoms with E-state index in [2.05, 4.69) is 15.0 Å². The fourth-order valence-corrected chi connectivity index (χ4v) is 1.28. The Labute approximate surface area is 102 Å². The van der Waals surface area contributed by atoms with Crippen molar-refractivity contribution in [3.8, 4) is 0 Å². The van der Waals surface area contributed by atoms with E-state index in [1.165, 1.54) is 7.11 Å². The van der Waals surface area contributed by atoms with Crippen LogP contribution < -0.4 is 11.1 Å². The summed E-state index contributed by atoms with van der Waals surface area (Å²) < 4.78 is 42.1. The number of nitrogens with one attached hydrogen (secondary N) is 1. The Hall–Kier alpha value is -1.54. The lowest BCUT2D eigenvalue weighted by atomic mass is 10.2. The highest BCUT2D eigenvalue weighted by atomic mass is 19.4. The molecule has 1 rings (SSSR count). The Bertz CT molecular complexity index is 398. The molecular formula is C10H14F3N3O2. The Morgan fingerprint density at radius 2 is 2.17 bits per heavy atom. The molecule has 4 N–H and O–H groups in total. The lowest BCUT2D eigenvalue weighted by molar-refractivity contribution is -0.137. The van der Waals surface area contributed by atoms with Crippen LogP contribution in [0, 0.1) is 0 Å². The molecule has 0 amide bonds. The van der Waals surface area contributed by atoms with E-state index < -0.39 is 17.8 Å². The largest absolute Gasteiger partial charge is 0.416 e. The van der Waals surface area contributed by atoms with E-state index in [9.17, 15) is 18.3 Å². The number of aliphatic hydroxyl groups excluding tert-OH is 1. The van der Waals surface area contributed by atoms with Gasteiger partial charge in [0.05, 0.1) is 18.3 Å². The van der Waals surface area contributed by atoms with Crippen LogP contribution in [0.4, 0.5) is 24.8 Å². The van der Waals surface area contributed by atoms with E-state index in [-0.39, 0.29) is 24.8 Å². The summed E-state index contributed by atoms with van der Waals surface area (Å²) in [6, 6.07) is 1.58. The lowest BCUT2D eigenvalue weighted by Gasteiger charge is -2.13. The third-order valence-corrected chi connectivity index (χ3v) is 2.05. The van der Waals surface area contributed by atoms with Crippen molar-refractivity contribution in [3.63, 3.8) is 0 Å². The second-order valence-electron chi connectivity index (χ2n) is 3.65. The molecule has 8 heteroatoms. The first-order valence-electron chi connectivity index (χ1n) is 5.08. The predicted molar refractivity (Wildman–Crippen MR) is 60.0 cm³/mol. The number of hydrogen-bond acceptors (Lipinski definition) is 5. The van der Waals surface area contributed by atoms with Gasteiger partial charge in [-0.25, -0.2) is 4.98 Å². The first-order chi connectivity index (χ1) is 8.32. The summed E-state index contributed by atoms with van der Waals surface area (Å²) in [5, 5.41) is 11.9. The van der Waals surface area contributed by atoms with E-state index in [0.29, 0.717) is 0 Å². The second-order valence-corrected chi connectivity index (χ2v) is 3.65. The van der Waals surface area contributed by atoms with Gasteiger partial charge in [0.15, 0.2) is 0 Å². The Kier molecular flexibility index (Phi) is 4.74. The fraction of sp³-hybridized carbons (Fsp3) is 0.500. The van der Waals surface area contributed by atoms with Gasteiger partial charge in [-0.05, 0) is 12.1 Å². The van der Waals surface area contributed by atoms with Crippen molar-refractivity contribution in [2.45, 2.75) is 12.3 Å². The summed E-state index contributed by atoms with van der Waals surface area (Å²) in [7, 11) is 1.41. The minimum absolute atomic E-state index is 0.0155. The lowest BCUT2D eigenvalue weighted by Crippen LogP contribution is -2.24. The minimum atomic E-state index is -4.49. The number of methoxy groups -OCH3 is 1. The van der Waals surface area contributed by atoms with Crippen molar-refractivity contribution in [3.05, 3.63) is 17.7 Å². The molecule has 0 aliphatic heterocycles. The normalized spacial score (nSPS) is 13.4. The summed E-state index contributed by atoms with van der Waals surface area (Å²) in [6.07, 6.45) is -5.33. The van der Waals surface area contributed by atoms with Gasteiger partial charge in [0, 0.05) is 13.7 Å². The van der Waals surface area contributed by atoms with Gasteiger partial charge in [0.2, 0.25) is 0 Å². The highest BCUT2D eigenvalue weighted by molar-refractivity contribution is 5.47. The number of anilines is 2. The summed E-state index contributed by atoms with van der Waals surface area (Å²) in [4.78, 5) is 3.69. The molecule has 0 aliphatic rings. The third-order valence-electron chi connectivity index (χ3n) is 2.05. The molecule has 1 aromatic heterocycles. The molecule has 102 valence electrons. The zero-order valence-electron chi connectivity index (χ0n) is 9.66. The van der Waals surface area contributed by atoms with Crippen LogP contribution in [0.5, 0.6) is 0 Å². The van der Waals surface area contributed by atoms with Gasteiger partial charge in [0.1, 0.15) is 11.6 Å². The van der Waals surface area contributed by atoms with E-state index in [1.54, 1.807) is 0 Å². The van der Waals surface area contributed by atoms with Gasteiger partial charge >= 0.3 is 6.18 Å². The van der Waals surface area contributed by atoms with Crippen LogP contribution in [0.1, 0.15) is 5.56 Å². The van der Waals surface area contributed by atoms with E-state index >= 15 is 0 Å². The summed E-state index contributed by atoms with van der Waals surface area (Å²) >= 11 is 0. The number of nitrogens with zero attached hydrogens (tertiary/aromatic N) is 1. The molecule has 0 spiro atoms. The van der Waals surface area contributed by atoms with Crippen molar-refractivity contribution >= 4 is 11.6 Å². The molecule has 0 aliphatic carbocycles. The standard InChI is InChI=1S/C10H14F3N3O2/c1-18-5-7(17)4-15-9-3-6(10(11,12)13)2-8(14)16-9/h2-3,7,17H,4-5H2,1H3,(H3,14,15,16). The van der Waals surface area contributed by atoms with Crippen molar-refractivity contribution < 1.29 is 23.0 Å². The number of nitrogen functional groups attached to an aromatic ring is 1. The first-order valence-corrected chi connectivity index (χ1v) is 5.08. The summed E-state index contributed by atoms with van der Waals surface area (Å²) in [5.74, 6) is -0.286. The Balaban J connectivity index is 2.75. The molecule has 1 unspecified atom stereocenters. The number of pyridine rings is 1. The van der Waals surface area contributed by atoms with Crippen LogP contribution in [0.15, 0.2) is 12.1 Å². The quantitative estimate of drug-likeness (QED) is 0.743. The number of alkyl halides is 3. The molecule has 1 heterocycles. The van der Waals surface area contributed by atoms with Gasteiger partial charge in [0.25, 0.3) is 0 Å². The van der Waals surface area contributed by atoms with E-state index in [1.807, 2.05) is 0 Å². The average Bonchev–Trinajstić information content (AvgIpc) is 2.25. The monoisotopic (exact) mass is 265 g/mol. The molecule has 5 nitrogen and oxygen atoms in total. The molecule has 0 aromatic carbocycles. The molecular weight excluding hydrogens is 251 g/mol. The fourth-order valence-electron chi connectivity index (χ4n) is 1.28. The number of hydrogen-bond donors (Lipinski definition) is 3. The van der Waals surface area contributed by atoms with Gasteiger partial charge in [-0.3, -0.25) is 0 Å². The summed E-state index contributed by atoms with van der Waals surface area (Å²) in [5.41, 5.74) is 4.39. The summed E-state index contributed by atoms with van der Waals surface area (Å²) in [6.45, 7) is 0.0863. The molecule has 0 bridgehead atoms. The molecule has 0 saturated heterocycles.